The van der Waals surface area contributed by atoms with E-state index in [4.69, 9.17) is 0 Å². The van der Waals surface area contributed by atoms with Crippen molar-refractivity contribution in [2.45, 2.75) is 19.0 Å². The summed E-state index contributed by atoms with van der Waals surface area (Å²) in [4.78, 5) is 25.2. The number of aryl methyl sites for hydroxylation is 1. The quantitative estimate of drug-likeness (QED) is 0.332. The van der Waals surface area contributed by atoms with Crippen LogP contribution in [0.5, 0.6) is 5.75 Å². The molecule has 9 heteroatoms. The number of hydrogen-bond acceptors (Lipinski definition) is 6. The predicted octanol–water partition coefficient (Wildman–Crippen LogP) is 4.27. The SMILES string of the molecule is C=C(O)c1ccc(-c2ccc(-n3c(=O)n([C@H]4CCN(Cc5nccn5C)C4)c4ncccc43)c(O)c2)cc1. The summed E-state index contributed by atoms with van der Waals surface area (Å²) < 4.78 is 5.32. The van der Waals surface area contributed by atoms with Crippen molar-refractivity contribution in [1.29, 1.82) is 0 Å². The highest BCUT2D eigenvalue weighted by molar-refractivity contribution is 5.77. The number of aromatic nitrogens is 5. The lowest BCUT2D eigenvalue weighted by Gasteiger charge is -2.16. The fourth-order valence-corrected chi connectivity index (χ4v) is 5.27. The van der Waals surface area contributed by atoms with E-state index in [2.05, 4.69) is 21.4 Å². The van der Waals surface area contributed by atoms with Crippen molar-refractivity contribution in [3.8, 4) is 22.6 Å². The monoisotopic (exact) mass is 508 g/mol. The van der Waals surface area contributed by atoms with Crippen molar-refractivity contribution in [3.63, 3.8) is 0 Å². The molecule has 0 saturated carbocycles. The molecule has 0 spiro atoms. The molecule has 38 heavy (non-hydrogen) atoms. The number of benzene rings is 2. The fourth-order valence-electron chi connectivity index (χ4n) is 5.27. The molecule has 2 N–H and O–H groups in total. The minimum absolute atomic E-state index is 0.00105. The fraction of sp³-hybridized carbons (Fsp3) is 0.207. The molecule has 6 rings (SSSR count). The molecule has 5 aromatic rings. The maximum absolute atomic E-state index is 13.9. The smallest absolute Gasteiger partial charge is 0.335 e. The molecule has 1 aliphatic heterocycles. The number of fused-ring (bicyclic) bond motifs is 1. The number of nitrogens with zero attached hydrogens (tertiary/aromatic N) is 6. The van der Waals surface area contributed by atoms with Crippen molar-refractivity contribution >= 4 is 16.9 Å². The summed E-state index contributed by atoms with van der Waals surface area (Å²) in [5.74, 6) is 0.978. The first-order valence-electron chi connectivity index (χ1n) is 12.5. The first-order chi connectivity index (χ1) is 18.4. The molecule has 3 aromatic heterocycles. The summed E-state index contributed by atoms with van der Waals surface area (Å²) >= 11 is 0. The van der Waals surface area contributed by atoms with Crippen molar-refractivity contribution < 1.29 is 10.2 Å². The summed E-state index contributed by atoms with van der Waals surface area (Å²) in [5, 5.41) is 20.6. The summed E-state index contributed by atoms with van der Waals surface area (Å²) in [6, 6.07) is 16.1. The number of pyridine rings is 1. The Morgan fingerprint density at radius 1 is 1.08 bits per heavy atom. The van der Waals surface area contributed by atoms with Gasteiger partial charge in [-0.2, -0.15) is 0 Å². The van der Waals surface area contributed by atoms with Gasteiger partial charge in [-0.3, -0.25) is 14.0 Å². The Bertz CT molecular complexity index is 1710. The van der Waals surface area contributed by atoms with Crippen LogP contribution < -0.4 is 5.69 Å². The molecule has 1 atom stereocenters. The zero-order valence-corrected chi connectivity index (χ0v) is 21.0. The van der Waals surface area contributed by atoms with Gasteiger partial charge in [-0.25, -0.2) is 14.8 Å². The molecule has 2 aromatic carbocycles. The van der Waals surface area contributed by atoms with Gasteiger partial charge in [-0.1, -0.05) is 36.9 Å². The zero-order chi connectivity index (χ0) is 26.4. The van der Waals surface area contributed by atoms with Gasteiger partial charge in [0.2, 0.25) is 0 Å². The molecule has 1 fully saturated rings. The number of likely N-dealkylation sites (tertiary alicyclic amines) is 1. The van der Waals surface area contributed by atoms with E-state index < -0.39 is 0 Å². The Morgan fingerprint density at radius 3 is 2.58 bits per heavy atom. The number of aliphatic hydroxyl groups is 1. The molecule has 1 aliphatic rings. The van der Waals surface area contributed by atoms with Crippen LogP contribution in [0.1, 0.15) is 23.9 Å². The molecular weight excluding hydrogens is 480 g/mol. The van der Waals surface area contributed by atoms with Gasteiger partial charge in [0.05, 0.1) is 23.8 Å². The van der Waals surface area contributed by atoms with E-state index in [1.165, 1.54) is 0 Å². The number of aliphatic hydroxyl groups excluding tert-OH is 1. The van der Waals surface area contributed by atoms with Crippen molar-refractivity contribution in [3.05, 3.63) is 102 Å². The van der Waals surface area contributed by atoms with E-state index in [0.717, 1.165) is 36.5 Å². The standard InChI is InChI=1S/C29H28N6O3/c1-19(36)20-5-7-21(8-6-20)22-9-10-24(26(37)16-22)35-25-4-3-12-31-28(25)34(29(35)38)23-11-14-33(17-23)18-27-30-13-15-32(27)2/h3-10,12-13,15-16,23,36-37H,1,11,14,17-18H2,2H3/t23-/m0/s1. The summed E-state index contributed by atoms with van der Waals surface area (Å²) in [5.41, 5.74) is 3.71. The minimum atomic E-state index is -0.226. The first-order valence-corrected chi connectivity index (χ1v) is 12.5. The molecule has 192 valence electrons. The van der Waals surface area contributed by atoms with Crippen LogP contribution >= 0.6 is 0 Å². The third-order valence-electron chi connectivity index (χ3n) is 7.30. The van der Waals surface area contributed by atoms with Crippen LogP contribution in [0.2, 0.25) is 0 Å². The Balaban J connectivity index is 1.35. The zero-order valence-electron chi connectivity index (χ0n) is 21.0. The molecule has 4 heterocycles. The van der Waals surface area contributed by atoms with Crippen LogP contribution in [0.25, 0.3) is 33.7 Å². The van der Waals surface area contributed by atoms with Crippen LogP contribution in [-0.2, 0) is 13.6 Å². The third-order valence-corrected chi connectivity index (χ3v) is 7.30. The molecule has 0 unspecified atom stereocenters. The van der Waals surface area contributed by atoms with Crippen LogP contribution in [-0.4, -0.2) is 51.9 Å². The first kappa shape index (κ1) is 23.7. The van der Waals surface area contributed by atoms with Crippen LogP contribution in [0, 0.1) is 0 Å². The van der Waals surface area contributed by atoms with Crippen molar-refractivity contribution in [2.24, 2.45) is 7.05 Å². The van der Waals surface area contributed by atoms with Gasteiger partial charge >= 0.3 is 5.69 Å². The average molecular weight is 509 g/mol. The number of hydrogen-bond donors (Lipinski definition) is 2. The lowest BCUT2D eigenvalue weighted by atomic mass is 10.0. The molecule has 0 amide bonds. The lowest BCUT2D eigenvalue weighted by molar-refractivity contribution is 0.304. The maximum Gasteiger partial charge on any atom is 0.335 e. The second-order valence-corrected chi connectivity index (χ2v) is 9.69. The van der Waals surface area contributed by atoms with Crippen molar-refractivity contribution in [2.75, 3.05) is 13.1 Å². The molecule has 9 nitrogen and oxygen atoms in total. The second-order valence-electron chi connectivity index (χ2n) is 9.69. The molecule has 0 bridgehead atoms. The van der Waals surface area contributed by atoms with Crippen molar-refractivity contribution in [1.82, 2.24) is 28.6 Å². The average Bonchev–Trinajstić information content (AvgIpc) is 3.62. The Labute approximate surface area is 219 Å². The topological polar surface area (TPSA) is 101 Å². The Hall–Kier alpha value is -4.63. The van der Waals surface area contributed by atoms with Gasteiger partial charge in [0.1, 0.15) is 17.3 Å². The van der Waals surface area contributed by atoms with Gasteiger partial charge in [-0.05, 0) is 41.8 Å². The summed E-state index contributed by atoms with van der Waals surface area (Å²) in [7, 11) is 1.98. The van der Waals surface area contributed by atoms with Crippen LogP contribution in [0.3, 0.4) is 0 Å². The van der Waals surface area contributed by atoms with E-state index in [0.29, 0.717) is 29.0 Å². The normalized spacial score (nSPS) is 15.9. The van der Waals surface area contributed by atoms with E-state index in [1.807, 2.05) is 42.1 Å². The highest BCUT2D eigenvalue weighted by Crippen LogP contribution is 2.32. The second kappa shape index (κ2) is 9.35. The Morgan fingerprint density at radius 2 is 1.87 bits per heavy atom. The van der Waals surface area contributed by atoms with E-state index >= 15 is 0 Å². The maximum atomic E-state index is 13.9. The third kappa shape index (κ3) is 4.06. The Kier molecular flexibility index (Phi) is 5.84. The number of aromatic hydroxyl groups is 1. The minimum Gasteiger partial charge on any atom is -0.508 e. The van der Waals surface area contributed by atoms with E-state index in [9.17, 15) is 15.0 Å². The molecule has 1 saturated heterocycles. The largest absolute Gasteiger partial charge is 0.508 e. The van der Waals surface area contributed by atoms with Gasteiger partial charge in [0, 0.05) is 44.3 Å². The number of imidazole rings is 2. The number of phenolic OH excluding ortho intramolecular Hbond substituents is 1. The molecular formula is C29H28N6O3. The highest BCUT2D eigenvalue weighted by Gasteiger charge is 2.30. The number of phenols is 1. The number of rotatable bonds is 6. The summed E-state index contributed by atoms with van der Waals surface area (Å²) in [6.45, 7) is 5.83. The molecule has 0 aliphatic carbocycles. The van der Waals surface area contributed by atoms with E-state index in [1.54, 1.807) is 51.9 Å². The van der Waals surface area contributed by atoms with Gasteiger partial charge in [0.25, 0.3) is 0 Å². The van der Waals surface area contributed by atoms with Crippen LogP contribution in [0.4, 0.5) is 0 Å². The van der Waals surface area contributed by atoms with E-state index in [-0.39, 0.29) is 23.2 Å². The van der Waals surface area contributed by atoms with Crippen LogP contribution in [0.15, 0.2) is 84.6 Å². The van der Waals surface area contributed by atoms with Gasteiger partial charge in [0.15, 0.2) is 5.65 Å². The van der Waals surface area contributed by atoms with Gasteiger partial charge < -0.3 is 14.8 Å². The molecule has 0 radical (unpaired) electrons. The lowest BCUT2D eigenvalue weighted by Crippen LogP contribution is -2.29. The highest BCUT2D eigenvalue weighted by atomic mass is 16.3. The predicted molar refractivity (Wildman–Crippen MR) is 146 cm³/mol. The summed E-state index contributed by atoms with van der Waals surface area (Å²) in [6.07, 6.45) is 6.24. The van der Waals surface area contributed by atoms with Gasteiger partial charge in [-0.15, -0.1) is 0 Å².